The first-order valence-corrected chi connectivity index (χ1v) is 8.64. The van der Waals surface area contributed by atoms with Crippen LogP contribution in [0, 0.1) is 0 Å². The average Bonchev–Trinajstić information content (AvgIpc) is 2.47. The fourth-order valence-corrected chi connectivity index (χ4v) is 2.61. The predicted octanol–water partition coefficient (Wildman–Crippen LogP) is 2.74. The largest absolute Gasteiger partial charge is 0.493 e. The Kier molecular flexibility index (Phi) is 4.82. The minimum absolute atomic E-state index is 0.156. The molecule has 6 heteroatoms. The van der Waals surface area contributed by atoms with Gasteiger partial charge in [0.25, 0.3) is 5.91 Å². The van der Waals surface area contributed by atoms with E-state index < -0.39 is 9.84 Å². The Bertz CT molecular complexity index is 784. The highest BCUT2D eigenvalue weighted by atomic mass is 32.2. The minimum atomic E-state index is -3.32. The molecule has 2 rings (SSSR count). The summed E-state index contributed by atoms with van der Waals surface area (Å²) in [6.07, 6.45) is 1.12. The van der Waals surface area contributed by atoms with Gasteiger partial charge < -0.3 is 10.1 Å². The third-order valence-corrected chi connectivity index (χ3v) is 4.06. The molecule has 0 aliphatic carbocycles. The van der Waals surface area contributed by atoms with Crippen LogP contribution in [-0.2, 0) is 9.84 Å². The van der Waals surface area contributed by atoms with Gasteiger partial charge in [-0.15, -0.1) is 0 Å². The lowest BCUT2D eigenvalue weighted by atomic mass is 10.2. The second-order valence-electron chi connectivity index (χ2n) is 4.68. The number of ether oxygens (including phenoxy) is 1. The Hall–Kier alpha value is -2.34. The van der Waals surface area contributed by atoms with E-state index in [0.29, 0.717) is 23.6 Å². The van der Waals surface area contributed by atoms with Gasteiger partial charge in [-0.3, -0.25) is 4.79 Å². The third-order valence-electron chi connectivity index (χ3n) is 2.95. The lowest BCUT2D eigenvalue weighted by Crippen LogP contribution is -2.14. The molecule has 1 N–H and O–H groups in total. The van der Waals surface area contributed by atoms with Gasteiger partial charge in [-0.05, 0) is 37.3 Å². The summed E-state index contributed by atoms with van der Waals surface area (Å²) in [6, 6.07) is 13.0. The molecule has 22 heavy (non-hydrogen) atoms. The van der Waals surface area contributed by atoms with Gasteiger partial charge in [0, 0.05) is 11.9 Å². The summed E-state index contributed by atoms with van der Waals surface area (Å²) in [4.78, 5) is 12.5. The van der Waals surface area contributed by atoms with Crippen molar-refractivity contribution in [1.29, 1.82) is 0 Å². The van der Waals surface area contributed by atoms with Crippen LogP contribution in [0.25, 0.3) is 0 Å². The second-order valence-corrected chi connectivity index (χ2v) is 6.70. The summed E-state index contributed by atoms with van der Waals surface area (Å²) in [5, 5.41) is 2.69. The van der Waals surface area contributed by atoms with E-state index in [4.69, 9.17) is 4.74 Å². The van der Waals surface area contributed by atoms with Crippen LogP contribution < -0.4 is 10.1 Å². The molecule has 0 aliphatic heterocycles. The fraction of sp³-hybridized carbons (Fsp3) is 0.188. The van der Waals surface area contributed by atoms with Crippen molar-refractivity contribution in [3.8, 4) is 5.75 Å². The number of carbonyl (C=O) groups excluding carboxylic acids is 1. The van der Waals surface area contributed by atoms with Gasteiger partial charge in [0.15, 0.2) is 9.84 Å². The van der Waals surface area contributed by atoms with Gasteiger partial charge in [0.2, 0.25) is 0 Å². The molecule has 2 aromatic carbocycles. The Labute approximate surface area is 129 Å². The van der Waals surface area contributed by atoms with Crippen molar-refractivity contribution in [3.63, 3.8) is 0 Å². The lowest BCUT2D eigenvalue weighted by molar-refractivity contribution is 0.102. The van der Waals surface area contributed by atoms with Gasteiger partial charge in [0.05, 0.1) is 17.1 Å². The number of sulfone groups is 1. The highest BCUT2D eigenvalue weighted by Crippen LogP contribution is 2.21. The molecular weight excluding hydrogens is 302 g/mol. The molecule has 0 bridgehead atoms. The normalized spacial score (nSPS) is 11.0. The zero-order valence-electron chi connectivity index (χ0n) is 12.4. The Morgan fingerprint density at radius 1 is 1.14 bits per heavy atom. The third kappa shape index (κ3) is 3.85. The molecule has 116 valence electrons. The lowest BCUT2D eigenvalue weighted by Gasteiger charge is -2.11. The summed E-state index contributed by atoms with van der Waals surface area (Å²) in [5.41, 5.74) is 0.813. The number of para-hydroxylation sites is 1. The molecule has 1 amide bonds. The fourth-order valence-electron chi connectivity index (χ4n) is 1.94. The van der Waals surface area contributed by atoms with Crippen molar-refractivity contribution in [2.45, 2.75) is 11.8 Å². The quantitative estimate of drug-likeness (QED) is 0.920. The standard InChI is InChI=1S/C16H17NO4S/c1-3-21-15-10-5-4-9-14(15)16(18)17-12-7-6-8-13(11-12)22(2,19)20/h4-11H,3H2,1-2H3,(H,17,18). The molecule has 0 radical (unpaired) electrons. The molecule has 2 aromatic rings. The maximum atomic E-state index is 12.3. The van der Waals surface area contributed by atoms with E-state index in [0.717, 1.165) is 6.26 Å². The number of amides is 1. The van der Waals surface area contributed by atoms with E-state index in [2.05, 4.69) is 5.32 Å². The summed E-state index contributed by atoms with van der Waals surface area (Å²) in [6.45, 7) is 2.29. The zero-order chi connectivity index (χ0) is 16.2. The molecule has 0 atom stereocenters. The van der Waals surface area contributed by atoms with Crippen LogP contribution in [0.15, 0.2) is 53.4 Å². The SMILES string of the molecule is CCOc1ccccc1C(=O)Nc1cccc(S(C)(=O)=O)c1. The molecule has 0 saturated heterocycles. The van der Waals surface area contributed by atoms with Crippen molar-refractivity contribution in [2.75, 3.05) is 18.2 Å². The molecule has 0 spiro atoms. The molecule has 0 heterocycles. The van der Waals surface area contributed by atoms with Crippen molar-refractivity contribution >= 4 is 21.4 Å². The molecule has 0 fully saturated rings. The summed E-state index contributed by atoms with van der Waals surface area (Å²) >= 11 is 0. The van der Waals surface area contributed by atoms with E-state index >= 15 is 0 Å². The number of carbonyl (C=O) groups is 1. The number of benzene rings is 2. The van der Waals surface area contributed by atoms with Crippen LogP contribution in [0.1, 0.15) is 17.3 Å². The van der Waals surface area contributed by atoms with Crippen molar-refractivity contribution in [2.24, 2.45) is 0 Å². The van der Waals surface area contributed by atoms with Crippen LogP contribution in [0.3, 0.4) is 0 Å². The number of nitrogens with one attached hydrogen (secondary N) is 1. The number of rotatable bonds is 5. The summed E-state index contributed by atoms with van der Waals surface area (Å²) < 4.78 is 28.5. The maximum Gasteiger partial charge on any atom is 0.259 e. The molecule has 0 aromatic heterocycles. The van der Waals surface area contributed by atoms with Gasteiger partial charge in [-0.1, -0.05) is 18.2 Å². The smallest absolute Gasteiger partial charge is 0.259 e. The van der Waals surface area contributed by atoms with Crippen molar-refractivity contribution < 1.29 is 17.9 Å². The van der Waals surface area contributed by atoms with Crippen molar-refractivity contribution in [1.82, 2.24) is 0 Å². The maximum absolute atomic E-state index is 12.3. The number of anilines is 1. The zero-order valence-corrected chi connectivity index (χ0v) is 13.2. The van der Waals surface area contributed by atoms with E-state index in [1.165, 1.54) is 12.1 Å². The monoisotopic (exact) mass is 319 g/mol. The van der Waals surface area contributed by atoms with Crippen molar-refractivity contribution in [3.05, 3.63) is 54.1 Å². The van der Waals surface area contributed by atoms with Crippen LogP contribution in [-0.4, -0.2) is 27.2 Å². The van der Waals surface area contributed by atoms with Crippen LogP contribution >= 0.6 is 0 Å². The minimum Gasteiger partial charge on any atom is -0.493 e. The Morgan fingerprint density at radius 2 is 1.86 bits per heavy atom. The van der Waals surface area contributed by atoms with Gasteiger partial charge in [-0.2, -0.15) is 0 Å². The first-order chi connectivity index (χ1) is 10.4. The van der Waals surface area contributed by atoms with E-state index in [1.54, 1.807) is 36.4 Å². The Morgan fingerprint density at radius 3 is 2.55 bits per heavy atom. The van der Waals surface area contributed by atoms with Gasteiger partial charge >= 0.3 is 0 Å². The van der Waals surface area contributed by atoms with Crippen LogP contribution in [0.2, 0.25) is 0 Å². The van der Waals surface area contributed by atoms with Gasteiger partial charge in [0.1, 0.15) is 5.75 Å². The topological polar surface area (TPSA) is 72.5 Å². The first kappa shape index (κ1) is 16.0. The van der Waals surface area contributed by atoms with E-state index in [1.807, 2.05) is 6.92 Å². The highest BCUT2D eigenvalue weighted by Gasteiger charge is 2.13. The van der Waals surface area contributed by atoms with Crippen LogP contribution in [0.4, 0.5) is 5.69 Å². The highest BCUT2D eigenvalue weighted by molar-refractivity contribution is 7.90. The average molecular weight is 319 g/mol. The predicted molar refractivity (Wildman–Crippen MR) is 85.1 cm³/mol. The summed E-state index contributed by atoms with van der Waals surface area (Å²) in [7, 11) is -3.32. The summed E-state index contributed by atoms with van der Waals surface area (Å²) in [5.74, 6) is 0.136. The van der Waals surface area contributed by atoms with Gasteiger partial charge in [-0.25, -0.2) is 8.42 Å². The molecule has 0 saturated carbocycles. The molecule has 0 unspecified atom stereocenters. The molecular formula is C16H17NO4S. The number of hydrogen-bond acceptors (Lipinski definition) is 4. The Balaban J connectivity index is 2.26. The van der Waals surface area contributed by atoms with E-state index in [-0.39, 0.29) is 10.8 Å². The number of hydrogen-bond donors (Lipinski definition) is 1. The molecule has 5 nitrogen and oxygen atoms in total. The molecule has 0 aliphatic rings. The van der Waals surface area contributed by atoms with E-state index in [9.17, 15) is 13.2 Å². The first-order valence-electron chi connectivity index (χ1n) is 6.75. The van der Waals surface area contributed by atoms with Crippen LogP contribution in [0.5, 0.6) is 5.75 Å². The second kappa shape index (κ2) is 6.62.